The molecular formula is C59H88N4O10. The van der Waals surface area contributed by atoms with E-state index in [1.54, 1.807) is 0 Å². The Morgan fingerprint density at radius 1 is 0.671 bits per heavy atom. The van der Waals surface area contributed by atoms with Gasteiger partial charge in [0.2, 0.25) is 5.91 Å². The molecule has 2 amide bonds. The number of hydrogen-bond donors (Lipinski definition) is 5. The molecule has 1 unspecified atom stereocenters. The molecule has 0 radical (unpaired) electrons. The van der Waals surface area contributed by atoms with Crippen molar-refractivity contribution in [3.63, 3.8) is 0 Å². The quantitative estimate of drug-likeness (QED) is 0.0343. The number of nitrogens with zero attached hydrogens (tertiary/aromatic N) is 1. The Hall–Kier alpha value is -4.92. The van der Waals surface area contributed by atoms with Crippen LogP contribution in [0.5, 0.6) is 0 Å². The smallest absolute Gasteiger partial charge is 0.407 e. The summed E-state index contributed by atoms with van der Waals surface area (Å²) in [5.74, 6) is -2.61. The van der Waals surface area contributed by atoms with Crippen LogP contribution in [0.2, 0.25) is 0 Å². The minimum absolute atomic E-state index is 0.0656. The van der Waals surface area contributed by atoms with E-state index in [1.807, 2.05) is 48.5 Å². The highest BCUT2D eigenvalue weighted by molar-refractivity contribution is 5.99. The van der Waals surface area contributed by atoms with Crippen LogP contribution in [0.1, 0.15) is 223 Å². The Labute approximate surface area is 434 Å². The number of unbranched alkanes of at least 4 members (excludes halogenated alkanes) is 24. The topological polar surface area (TPSA) is 206 Å². The summed E-state index contributed by atoms with van der Waals surface area (Å²) in [6, 6.07) is 15.3. The predicted octanol–water partition coefficient (Wildman–Crippen LogP) is 11.0. The number of hydrogen-bond acceptors (Lipinski definition) is 10. The third-order valence-electron chi connectivity index (χ3n) is 15.0. The van der Waals surface area contributed by atoms with E-state index in [0.29, 0.717) is 19.3 Å². The van der Waals surface area contributed by atoms with E-state index in [9.17, 15) is 39.0 Å². The van der Waals surface area contributed by atoms with Crippen molar-refractivity contribution in [1.82, 2.24) is 20.2 Å². The van der Waals surface area contributed by atoms with Gasteiger partial charge in [0.15, 0.2) is 29.5 Å². The number of benzene rings is 2. The third kappa shape index (κ3) is 18.2. The number of aliphatic hydroxyl groups is 2. The molecule has 2 heterocycles. The number of fused-ring (bicyclic) bond motifs is 3. The van der Waals surface area contributed by atoms with Gasteiger partial charge >= 0.3 is 11.8 Å². The zero-order valence-electron chi connectivity index (χ0n) is 44.2. The molecule has 5 rings (SSSR count). The predicted molar refractivity (Wildman–Crippen MR) is 286 cm³/mol. The van der Waals surface area contributed by atoms with E-state index in [4.69, 9.17) is 9.47 Å². The van der Waals surface area contributed by atoms with Crippen molar-refractivity contribution < 1.29 is 38.9 Å². The number of aromatic amines is 1. The van der Waals surface area contributed by atoms with Gasteiger partial charge in [-0.15, -0.1) is 0 Å². The average molecular weight is 1010 g/mol. The van der Waals surface area contributed by atoms with Crippen molar-refractivity contribution in [3.8, 4) is 11.1 Å². The van der Waals surface area contributed by atoms with E-state index in [0.717, 1.165) is 90.5 Å². The monoisotopic (exact) mass is 1010 g/mol. The second-order valence-electron chi connectivity index (χ2n) is 20.7. The SMILES string of the molecule is CCCCCCCCCCCCCCCC(=O)[C@@]1(O)[C@@H](C(=O)C(O)CCCCCCCCCCCCCCC)O[C@@H](n2ccc(=O)[nH]c2=O)[C@@H]1NC(=O)CCNC(=O)OCC1c2ccccc2-c2ccccc21. The minimum atomic E-state index is -2.71. The highest BCUT2D eigenvalue weighted by atomic mass is 16.6. The lowest BCUT2D eigenvalue weighted by molar-refractivity contribution is -0.160. The second kappa shape index (κ2) is 32.4. The number of carbonyl (C=O) groups excluding carboxylic acids is 4. The normalized spacial score (nSPS) is 18.5. The van der Waals surface area contributed by atoms with Gasteiger partial charge in [-0.3, -0.25) is 28.7 Å². The first kappa shape index (κ1) is 59.0. The molecule has 3 aromatic rings. The highest BCUT2D eigenvalue weighted by Gasteiger charge is 2.64. The number of H-pyrrole nitrogens is 1. The Bertz CT molecular complexity index is 2210. The van der Waals surface area contributed by atoms with Gasteiger partial charge in [0.05, 0.1) is 0 Å². The number of aliphatic hydroxyl groups excluding tert-OH is 1. The second-order valence-corrected chi connectivity index (χ2v) is 20.7. The summed E-state index contributed by atoms with van der Waals surface area (Å²) in [7, 11) is 0. The minimum Gasteiger partial charge on any atom is -0.449 e. The van der Waals surface area contributed by atoms with Gasteiger partial charge < -0.3 is 30.3 Å². The van der Waals surface area contributed by atoms with Crippen molar-refractivity contribution in [2.45, 2.75) is 236 Å². The van der Waals surface area contributed by atoms with Gasteiger partial charge in [-0.2, -0.15) is 0 Å². The molecule has 2 aromatic carbocycles. The molecule has 1 saturated heterocycles. The lowest BCUT2D eigenvalue weighted by Gasteiger charge is -2.33. The molecule has 0 spiro atoms. The number of carbonyl (C=O) groups is 4. The number of alkyl carbamates (subject to hydrolysis) is 1. The fourth-order valence-corrected chi connectivity index (χ4v) is 10.7. The molecular weight excluding hydrogens is 925 g/mol. The molecule has 0 saturated carbocycles. The Morgan fingerprint density at radius 2 is 1.15 bits per heavy atom. The van der Waals surface area contributed by atoms with E-state index in [-0.39, 0.29) is 38.3 Å². The number of ether oxygens (including phenoxy) is 2. The van der Waals surface area contributed by atoms with Gasteiger partial charge in [0, 0.05) is 37.6 Å². The molecule has 1 aliphatic carbocycles. The van der Waals surface area contributed by atoms with Gasteiger partial charge in [-0.05, 0) is 35.1 Å². The number of rotatable bonds is 38. The standard InChI is InChI=1S/C59H88N4O10/c1-3-5-7-9-11-13-15-17-19-21-23-25-27-37-49(64)53(68)55-59(71,50(65)38-28-26-24-22-20-18-16-14-12-10-8-6-4-2)54(56(73-55)63-42-40-52(67)62-57(63)69)61-51(66)39-41-60-58(70)72-43-48-46-35-31-29-33-44(46)45-34-30-32-36-47(45)48/h29-36,40,42,48-49,54-56,64,71H,3-28,37-39,41,43H2,1-2H3,(H,60,70)(H,61,66)(H,62,67,69)/t49?,54-,55+,56+,59-/m0/s1. The number of nitrogens with one attached hydrogen (secondary N) is 3. The number of ketones is 2. The van der Waals surface area contributed by atoms with Crippen LogP contribution in [0.15, 0.2) is 70.4 Å². The summed E-state index contributed by atoms with van der Waals surface area (Å²) < 4.78 is 12.7. The summed E-state index contributed by atoms with van der Waals surface area (Å²) >= 11 is 0. The molecule has 2 aliphatic rings. The van der Waals surface area contributed by atoms with Gasteiger partial charge in [-0.1, -0.05) is 223 Å². The maximum atomic E-state index is 14.5. The van der Waals surface area contributed by atoms with E-state index in [2.05, 4.69) is 29.5 Å². The molecule has 14 heteroatoms. The van der Waals surface area contributed by atoms with Crippen LogP contribution in [0.25, 0.3) is 11.1 Å². The van der Waals surface area contributed by atoms with Crippen molar-refractivity contribution >= 4 is 23.6 Å². The molecule has 5 N–H and O–H groups in total. The molecule has 73 heavy (non-hydrogen) atoms. The first-order chi connectivity index (χ1) is 35.5. The first-order valence-corrected chi connectivity index (χ1v) is 28.3. The van der Waals surface area contributed by atoms with Crippen molar-refractivity contribution in [2.75, 3.05) is 13.2 Å². The number of Topliss-reactive ketones (excluding diaryl/α,β-unsaturated/α-hetero) is 2. The Kier molecular flexibility index (Phi) is 26.2. The van der Waals surface area contributed by atoms with E-state index in [1.165, 1.54) is 96.3 Å². The summed E-state index contributed by atoms with van der Waals surface area (Å²) in [6.07, 6.45) is 23.4. The summed E-state index contributed by atoms with van der Waals surface area (Å²) in [5.41, 5.74) is -0.122. The van der Waals surface area contributed by atoms with Crippen molar-refractivity contribution in [3.05, 3.63) is 92.8 Å². The van der Waals surface area contributed by atoms with Crippen LogP contribution in [0.3, 0.4) is 0 Å². The van der Waals surface area contributed by atoms with Gasteiger partial charge in [-0.25, -0.2) is 9.59 Å². The molecule has 1 aromatic heterocycles. The molecule has 14 nitrogen and oxygen atoms in total. The van der Waals surface area contributed by atoms with Crippen LogP contribution < -0.4 is 21.9 Å². The van der Waals surface area contributed by atoms with Gasteiger partial charge in [0.1, 0.15) is 18.8 Å². The summed E-state index contributed by atoms with van der Waals surface area (Å²) in [6.45, 7) is 4.32. The van der Waals surface area contributed by atoms with E-state index >= 15 is 0 Å². The maximum Gasteiger partial charge on any atom is 0.407 e. The number of amides is 2. The molecule has 404 valence electrons. The zero-order valence-corrected chi connectivity index (χ0v) is 44.2. The lowest BCUT2D eigenvalue weighted by atomic mass is 9.80. The average Bonchev–Trinajstić information content (AvgIpc) is 3.86. The van der Waals surface area contributed by atoms with Crippen LogP contribution in [0.4, 0.5) is 4.79 Å². The fraction of sp³-hybridized carbons (Fsp3) is 0.661. The molecule has 1 aliphatic heterocycles. The highest BCUT2D eigenvalue weighted by Crippen LogP contribution is 2.45. The van der Waals surface area contributed by atoms with Crippen molar-refractivity contribution in [2.24, 2.45) is 0 Å². The Morgan fingerprint density at radius 3 is 1.66 bits per heavy atom. The van der Waals surface area contributed by atoms with Crippen LogP contribution in [-0.4, -0.2) is 80.3 Å². The zero-order chi connectivity index (χ0) is 52.3. The Balaban J connectivity index is 1.21. The maximum absolute atomic E-state index is 14.5. The third-order valence-corrected chi connectivity index (χ3v) is 15.0. The summed E-state index contributed by atoms with van der Waals surface area (Å²) in [5, 5.41) is 29.4. The fourth-order valence-electron chi connectivity index (χ4n) is 10.7. The van der Waals surface area contributed by atoms with Crippen molar-refractivity contribution in [1.29, 1.82) is 0 Å². The summed E-state index contributed by atoms with van der Waals surface area (Å²) in [4.78, 5) is 83.2. The molecule has 5 atom stereocenters. The first-order valence-electron chi connectivity index (χ1n) is 28.3. The van der Waals surface area contributed by atoms with E-state index < -0.39 is 64.9 Å². The van der Waals surface area contributed by atoms with Crippen LogP contribution >= 0.6 is 0 Å². The molecule has 1 fully saturated rings. The van der Waals surface area contributed by atoms with Crippen LogP contribution in [-0.2, 0) is 23.9 Å². The number of aromatic nitrogens is 2. The molecule has 0 bridgehead atoms. The largest absolute Gasteiger partial charge is 0.449 e. The van der Waals surface area contributed by atoms with Gasteiger partial charge in [0.25, 0.3) is 5.56 Å². The lowest BCUT2D eigenvalue weighted by Crippen LogP contribution is -2.63. The van der Waals surface area contributed by atoms with Crippen LogP contribution in [0, 0.1) is 0 Å².